The van der Waals surface area contributed by atoms with E-state index in [4.69, 9.17) is 0 Å². The number of carbonyl (C=O) groups is 2. The molecule has 2 atom stereocenters. The molecule has 0 spiro atoms. The number of aliphatic hydroxyl groups excluding tert-OH is 2. The predicted molar refractivity (Wildman–Crippen MR) is 101 cm³/mol. The number of fused-ring (bicyclic) bond motifs is 2. The number of aromatic amines is 2. The summed E-state index contributed by atoms with van der Waals surface area (Å²) in [7, 11) is 0. The third-order valence-electron chi connectivity index (χ3n) is 4.70. The number of phenolic OH excluding ortho intramolecular Hbond substituents is 2. The number of hydrogen-bond donors (Lipinski definition) is 6. The van der Waals surface area contributed by atoms with E-state index in [-0.39, 0.29) is 22.6 Å². The van der Waals surface area contributed by atoms with Crippen LogP contribution in [0.1, 0.15) is 20.7 Å². The first kappa shape index (κ1) is 17.8. The Morgan fingerprint density at radius 1 is 0.714 bits per heavy atom. The fourth-order valence-corrected chi connectivity index (χ4v) is 3.23. The van der Waals surface area contributed by atoms with E-state index in [1.54, 1.807) is 12.1 Å². The molecule has 4 aromatic rings. The molecular formula is C20H16N2O6. The van der Waals surface area contributed by atoms with Crippen LogP contribution in [0.4, 0.5) is 0 Å². The van der Waals surface area contributed by atoms with Gasteiger partial charge in [-0.2, -0.15) is 0 Å². The van der Waals surface area contributed by atoms with Crippen molar-refractivity contribution in [1.82, 2.24) is 9.97 Å². The summed E-state index contributed by atoms with van der Waals surface area (Å²) in [4.78, 5) is 31.0. The number of rotatable bonds is 5. The lowest BCUT2D eigenvalue weighted by Crippen LogP contribution is -2.39. The summed E-state index contributed by atoms with van der Waals surface area (Å²) in [5, 5.41) is 40.6. The number of benzene rings is 2. The van der Waals surface area contributed by atoms with Crippen LogP contribution in [-0.2, 0) is 0 Å². The van der Waals surface area contributed by atoms with E-state index in [0.29, 0.717) is 21.8 Å². The molecule has 0 amide bonds. The molecule has 2 aromatic carbocycles. The van der Waals surface area contributed by atoms with E-state index >= 15 is 0 Å². The minimum absolute atomic E-state index is 0.0434. The van der Waals surface area contributed by atoms with Crippen molar-refractivity contribution in [3.63, 3.8) is 0 Å². The smallest absolute Gasteiger partial charge is 0.196 e. The van der Waals surface area contributed by atoms with Crippen LogP contribution >= 0.6 is 0 Å². The minimum atomic E-state index is -2.00. The summed E-state index contributed by atoms with van der Waals surface area (Å²) in [5.41, 5.74) is 1.20. The number of H-pyrrole nitrogens is 2. The van der Waals surface area contributed by atoms with Gasteiger partial charge >= 0.3 is 0 Å². The second-order valence-corrected chi connectivity index (χ2v) is 6.48. The van der Waals surface area contributed by atoms with Crippen LogP contribution in [0.15, 0.2) is 48.8 Å². The van der Waals surface area contributed by atoms with Crippen LogP contribution in [0.5, 0.6) is 11.5 Å². The second kappa shape index (κ2) is 6.52. The molecule has 0 unspecified atom stereocenters. The summed E-state index contributed by atoms with van der Waals surface area (Å²) < 4.78 is 0. The van der Waals surface area contributed by atoms with E-state index in [2.05, 4.69) is 9.97 Å². The van der Waals surface area contributed by atoms with Crippen molar-refractivity contribution >= 4 is 33.4 Å². The number of hydrogen-bond acceptors (Lipinski definition) is 6. The molecule has 28 heavy (non-hydrogen) atoms. The molecule has 8 heteroatoms. The van der Waals surface area contributed by atoms with E-state index < -0.39 is 23.8 Å². The first-order valence-corrected chi connectivity index (χ1v) is 8.41. The van der Waals surface area contributed by atoms with Crippen molar-refractivity contribution < 1.29 is 30.0 Å². The number of nitrogens with one attached hydrogen (secondary N) is 2. The molecule has 2 heterocycles. The third kappa shape index (κ3) is 2.81. The fraction of sp³-hybridized carbons (Fsp3) is 0.100. The van der Waals surface area contributed by atoms with Gasteiger partial charge in [0.05, 0.1) is 0 Å². The van der Waals surface area contributed by atoms with Gasteiger partial charge in [-0.25, -0.2) is 0 Å². The maximum atomic E-state index is 12.7. The molecule has 0 fully saturated rings. The van der Waals surface area contributed by atoms with Crippen molar-refractivity contribution in [2.75, 3.05) is 0 Å². The van der Waals surface area contributed by atoms with E-state index in [1.165, 1.54) is 36.7 Å². The molecule has 6 N–H and O–H groups in total. The van der Waals surface area contributed by atoms with Crippen LogP contribution < -0.4 is 0 Å². The molecule has 0 saturated carbocycles. The molecule has 0 bridgehead atoms. The van der Waals surface area contributed by atoms with Gasteiger partial charge in [-0.05, 0) is 36.4 Å². The van der Waals surface area contributed by atoms with Crippen molar-refractivity contribution in [3.05, 3.63) is 59.9 Å². The zero-order valence-corrected chi connectivity index (χ0v) is 14.4. The van der Waals surface area contributed by atoms with Gasteiger partial charge in [0.15, 0.2) is 23.8 Å². The molecule has 0 saturated heterocycles. The van der Waals surface area contributed by atoms with E-state index in [9.17, 15) is 30.0 Å². The highest BCUT2D eigenvalue weighted by Crippen LogP contribution is 2.27. The van der Waals surface area contributed by atoms with Crippen molar-refractivity contribution in [3.8, 4) is 11.5 Å². The molecule has 2 aromatic heterocycles. The second-order valence-electron chi connectivity index (χ2n) is 6.48. The van der Waals surface area contributed by atoms with Gasteiger partial charge in [0.2, 0.25) is 0 Å². The first-order valence-electron chi connectivity index (χ1n) is 8.41. The molecule has 0 aliphatic heterocycles. The SMILES string of the molecule is O=C(c1c[nH]c2ccc(O)cc12)[C@H](O)[C@@H](O)C(=O)c1c[nH]c2ccc(O)cc12. The number of aromatic nitrogens is 2. The number of phenols is 2. The summed E-state index contributed by atoms with van der Waals surface area (Å²) in [6.45, 7) is 0. The van der Waals surface area contributed by atoms with Crippen LogP contribution in [0.3, 0.4) is 0 Å². The Bertz CT molecular complexity index is 1130. The molecule has 0 aliphatic rings. The van der Waals surface area contributed by atoms with Crippen molar-refractivity contribution in [2.45, 2.75) is 12.2 Å². The fourth-order valence-electron chi connectivity index (χ4n) is 3.23. The molecule has 0 aliphatic carbocycles. The highest BCUT2D eigenvalue weighted by Gasteiger charge is 2.33. The van der Waals surface area contributed by atoms with Gasteiger partial charge in [-0.1, -0.05) is 0 Å². The molecule has 0 radical (unpaired) electrons. The normalized spacial score (nSPS) is 13.6. The topological polar surface area (TPSA) is 147 Å². The molecule has 4 rings (SSSR count). The minimum Gasteiger partial charge on any atom is -0.508 e. The van der Waals surface area contributed by atoms with Gasteiger partial charge in [-0.15, -0.1) is 0 Å². The quantitative estimate of drug-likeness (QED) is 0.291. The highest BCUT2D eigenvalue weighted by molar-refractivity contribution is 6.15. The van der Waals surface area contributed by atoms with Crippen LogP contribution in [0.25, 0.3) is 21.8 Å². The lowest BCUT2D eigenvalue weighted by atomic mass is 9.96. The van der Waals surface area contributed by atoms with Crippen molar-refractivity contribution in [2.24, 2.45) is 0 Å². The van der Waals surface area contributed by atoms with Gasteiger partial charge in [-0.3, -0.25) is 9.59 Å². The van der Waals surface area contributed by atoms with E-state index in [1.807, 2.05) is 0 Å². The van der Waals surface area contributed by atoms with Gasteiger partial charge in [0.1, 0.15) is 11.5 Å². The summed E-state index contributed by atoms with van der Waals surface area (Å²) in [5.74, 6) is -1.85. The Hall–Kier alpha value is -3.62. The lowest BCUT2D eigenvalue weighted by Gasteiger charge is -2.15. The third-order valence-corrected chi connectivity index (χ3v) is 4.70. The first-order chi connectivity index (χ1) is 13.4. The summed E-state index contributed by atoms with van der Waals surface area (Å²) >= 11 is 0. The Morgan fingerprint density at radius 2 is 1.11 bits per heavy atom. The van der Waals surface area contributed by atoms with Gasteiger partial charge in [0, 0.05) is 45.3 Å². The monoisotopic (exact) mass is 380 g/mol. The number of Topliss-reactive ketones (excluding diaryl/α,β-unsaturated/α-hetero) is 2. The number of aromatic hydroxyl groups is 2. The van der Waals surface area contributed by atoms with Crippen molar-refractivity contribution in [1.29, 1.82) is 0 Å². The van der Waals surface area contributed by atoms with Gasteiger partial charge < -0.3 is 30.4 Å². The number of aliphatic hydroxyl groups is 2. The zero-order chi connectivity index (χ0) is 20.0. The van der Waals surface area contributed by atoms with Crippen LogP contribution in [0.2, 0.25) is 0 Å². The molecule has 142 valence electrons. The zero-order valence-electron chi connectivity index (χ0n) is 14.4. The Morgan fingerprint density at radius 3 is 1.50 bits per heavy atom. The maximum Gasteiger partial charge on any atom is 0.196 e. The average molecular weight is 380 g/mol. The Balaban J connectivity index is 1.65. The molecule has 8 nitrogen and oxygen atoms in total. The number of ketones is 2. The summed E-state index contributed by atoms with van der Waals surface area (Å²) in [6, 6.07) is 8.70. The van der Waals surface area contributed by atoms with E-state index in [0.717, 1.165) is 0 Å². The molecular weight excluding hydrogens is 364 g/mol. The Kier molecular flexibility index (Phi) is 4.14. The highest BCUT2D eigenvalue weighted by atomic mass is 16.3. The standard InChI is InChI=1S/C20H16N2O6/c23-9-1-3-15-11(5-9)13(7-21-15)17(25)19(27)20(28)18(26)14-8-22-16-4-2-10(24)6-12(14)16/h1-8,19-24,27-28H/t19-,20-/m0/s1. The lowest BCUT2D eigenvalue weighted by molar-refractivity contribution is 0.0218. The average Bonchev–Trinajstić information content (AvgIpc) is 3.29. The Labute approximate surface area is 157 Å². The van der Waals surface area contributed by atoms with Gasteiger partial charge in [0.25, 0.3) is 0 Å². The number of carbonyl (C=O) groups excluding carboxylic acids is 2. The maximum absolute atomic E-state index is 12.7. The predicted octanol–water partition coefficient (Wildman–Crippen LogP) is 1.85. The largest absolute Gasteiger partial charge is 0.508 e. The van der Waals surface area contributed by atoms with Crippen LogP contribution in [-0.4, -0.2) is 54.2 Å². The van der Waals surface area contributed by atoms with Crippen LogP contribution in [0, 0.1) is 0 Å². The summed E-state index contributed by atoms with van der Waals surface area (Å²) in [6.07, 6.45) is -1.32.